The van der Waals surface area contributed by atoms with Crippen molar-refractivity contribution >= 4 is 17.7 Å². The lowest BCUT2D eigenvalue weighted by Gasteiger charge is -2.04. The van der Waals surface area contributed by atoms with Crippen LogP contribution < -0.4 is 0 Å². The predicted molar refractivity (Wildman–Crippen MR) is 54.5 cm³/mol. The van der Waals surface area contributed by atoms with Gasteiger partial charge < -0.3 is 9.47 Å². The van der Waals surface area contributed by atoms with Gasteiger partial charge in [0.15, 0.2) is 0 Å². The van der Waals surface area contributed by atoms with Gasteiger partial charge in [-0.1, -0.05) is 6.92 Å². The van der Waals surface area contributed by atoms with Gasteiger partial charge in [0.05, 0.1) is 13.2 Å². The largest absolute Gasteiger partial charge is 0.500 e. The fraction of sp³-hybridized carbons (Fsp3) is 0.667. The molecule has 0 atom stereocenters. The van der Waals surface area contributed by atoms with E-state index in [1.807, 2.05) is 13.8 Å². The van der Waals surface area contributed by atoms with Gasteiger partial charge in [0.1, 0.15) is 11.2 Å². The molecular formula is C9H16O3S. The van der Waals surface area contributed by atoms with Gasteiger partial charge in [-0.2, -0.15) is 0 Å². The van der Waals surface area contributed by atoms with E-state index >= 15 is 0 Å². The summed E-state index contributed by atoms with van der Waals surface area (Å²) in [6.45, 7) is 6.59. The van der Waals surface area contributed by atoms with Crippen LogP contribution in [0.15, 0.2) is 11.2 Å². The van der Waals surface area contributed by atoms with Crippen molar-refractivity contribution in [2.45, 2.75) is 20.8 Å². The molecule has 0 fully saturated rings. The van der Waals surface area contributed by atoms with E-state index in [1.54, 1.807) is 6.92 Å². The maximum absolute atomic E-state index is 11.2. The zero-order chi connectivity index (χ0) is 10.1. The number of carbonyl (C=O) groups excluding carboxylic acids is 1. The number of ether oxygens (including phenoxy) is 2. The molecule has 4 heteroatoms. The van der Waals surface area contributed by atoms with Crippen molar-refractivity contribution in [3.05, 3.63) is 11.2 Å². The summed E-state index contributed by atoms with van der Waals surface area (Å²) in [5, 5.41) is 0. The van der Waals surface area contributed by atoms with Crippen LogP contribution in [0.2, 0.25) is 0 Å². The molecule has 0 radical (unpaired) electrons. The summed E-state index contributed by atoms with van der Waals surface area (Å²) in [5.41, 5.74) is 0. The Morgan fingerprint density at radius 1 is 1.31 bits per heavy atom. The topological polar surface area (TPSA) is 35.5 Å². The van der Waals surface area contributed by atoms with Crippen LogP contribution in [0.1, 0.15) is 20.8 Å². The van der Waals surface area contributed by atoms with Crippen LogP contribution in [0.4, 0.5) is 0 Å². The van der Waals surface area contributed by atoms with Crippen molar-refractivity contribution in [3.8, 4) is 0 Å². The van der Waals surface area contributed by atoms with Crippen molar-refractivity contribution in [1.82, 2.24) is 0 Å². The third-order valence-corrected chi connectivity index (χ3v) is 2.00. The molecule has 0 aromatic heterocycles. The molecule has 0 saturated heterocycles. The Labute approximate surface area is 83.5 Å². The molecule has 0 saturated carbocycles. The molecule has 13 heavy (non-hydrogen) atoms. The number of carbonyl (C=O) groups is 1. The Balaban J connectivity index is 4.13. The number of hydrogen-bond acceptors (Lipinski definition) is 4. The van der Waals surface area contributed by atoms with Crippen LogP contribution in [0, 0.1) is 0 Å². The maximum atomic E-state index is 11.2. The van der Waals surface area contributed by atoms with Gasteiger partial charge in [-0.05, 0) is 19.6 Å². The zero-order valence-electron chi connectivity index (χ0n) is 8.33. The minimum Gasteiger partial charge on any atom is -0.500 e. The Hall–Kier alpha value is -0.640. The van der Waals surface area contributed by atoms with E-state index in [2.05, 4.69) is 0 Å². The van der Waals surface area contributed by atoms with Crippen LogP contribution in [0.5, 0.6) is 0 Å². The highest BCUT2D eigenvalue weighted by Gasteiger charge is 2.10. The van der Waals surface area contributed by atoms with Crippen LogP contribution in [-0.2, 0) is 14.3 Å². The number of hydrogen-bond donors (Lipinski definition) is 0. The summed E-state index contributed by atoms with van der Waals surface area (Å²) in [4.78, 5) is 11.8. The van der Waals surface area contributed by atoms with Gasteiger partial charge in [0, 0.05) is 0 Å². The third kappa shape index (κ3) is 5.58. The lowest BCUT2D eigenvalue weighted by Crippen LogP contribution is -2.06. The first-order chi connectivity index (χ1) is 6.26. The zero-order valence-corrected chi connectivity index (χ0v) is 9.15. The minimum atomic E-state index is -0.303. The molecule has 0 spiro atoms. The van der Waals surface area contributed by atoms with E-state index in [9.17, 15) is 4.79 Å². The van der Waals surface area contributed by atoms with Gasteiger partial charge in [-0.3, -0.25) is 0 Å². The summed E-state index contributed by atoms with van der Waals surface area (Å²) in [6, 6.07) is 0. The molecule has 0 unspecified atom stereocenters. The summed E-state index contributed by atoms with van der Waals surface area (Å²) in [7, 11) is 0. The minimum absolute atomic E-state index is 0.303. The molecule has 0 aromatic carbocycles. The van der Waals surface area contributed by atoms with Crippen LogP contribution in [-0.4, -0.2) is 24.9 Å². The van der Waals surface area contributed by atoms with E-state index in [0.717, 1.165) is 5.75 Å². The van der Waals surface area contributed by atoms with Gasteiger partial charge >= 0.3 is 5.97 Å². The van der Waals surface area contributed by atoms with E-state index in [0.29, 0.717) is 18.1 Å². The average molecular weight is 204 g/mol. The first-order valence-corrected chi connectivity index (χ1v) is 5.36. The quantitative estimate of drug-likeness (QED) is 0.377. The molecule has 0 aliphatic heterocycles. The normalized spacial score (nSPS) is 11.2. The highest BCUT2D eigenvalue weighted by Crippen LogP contribution is 2.16. The Morgan fingerprint density at radius 3 is 2.46 bits per heavy atom. The second kappa shape index (κ2) is 7.98. The lowest BCUT2D eigenvalue weighted by atomic mass is 10.6. The van der Waals surface area contributed by atoms with Gasteiger partial charge in [0.2, 0.25) is 0 Å². The Morgan fingerprint density at radius 2 is 2.00 bits per heavy atom. The van der Waals surface area contributed by atoms with Crippen LogP contribution in [0.3, 0.4) is 0 Å². The standard InChI is InChI=1S/C9H16O3S/c1-4-11-7-8(13-6-3)9(10)12-5-2/h7H,4-6H2,1-3H3. The van der Waals surface area contributed by atoms with Crippen molar-refractivity contribution < 1.29 is 14.3 Å². The molecule has 76 valence electrons. The van der Waals surface area contributed by atoms with Crippen molar-refractivity contribution in [2.75, 3.05) is 19.0 Å². The third-order valence-electron chi connectivity index (χ3n) is 1.13. The predicted octanol–water partition coefficient (Wildman–Crippen LogP) is 2.18. The number of esters is 1. The summed E-state index contributed by atoms with van der Waals surface area (Å²) in [5.74, 6) is 0.528. The van der Waals surface area contributed by atoms with E-state index in [1.165, 1.54) is 18.0 Å². The molecule has 0 aromatic rings. The fourth-order valence-corrected chi connectivity index (χ4v) is 1.28. The molecule has 0 rings (SSSR count). The molecule has 0 N–H and O–H groups in total. The van der Waals surface area contributed by atoms with Gasteiger partial charge in [-0.25, -0.2) is 4.79 Å². The average Bonchev–Trinajstić information content (AvgIpc) is 2.12. The summed E-state index contributed by atoms with van der Waals surface area (Å²) in [6.07, 6.45) is 1.46. The molecular weight excluding hydrogens is 188 g/mol. The van der Waals surface area contributed by atoms with Crippen LogP contribution >= 0.6 is 11.8 Å². The van der Waals surface area contributed by atoms with Crippen molar-refractivity contribution in [3.63, 3.8) is 0 Å². The van der Waals surface area contributed by atoms with E-state index in [4.69, 9.17) is 9.47 Å². The van der Waals surface area contributed by atoms with Gasteiger partial charge in [-0.15, -0.1) is 11.8 Å². The fourth-order valence-electron chi connectivity index (χ4n) is 0.658. The highest BCUT2D eigenvalue weighted by atomic mass is 32.2. The highest BCUT2D eigenvalue weighted by molar-refractivity contribution is 8.03. The first kappa shape index (κ1) is 12.4. The number of rotatable bonds is 6. The summed E-state index contributed by atoms with van der Waals surface area (Å²) < 4.78 is 9.88. The number of thioether (sulfide) groups is 1. The van der Waals surface area contributed by atoms with E-state index < -0.39 is 0 Å². The molecule has 0 aliphatic rings. The Kier molecular flexibility index (Phi) is 7.59. The smallest absolute Gasteiger partial charge is 0.347 e. The second-order valence-electron chi connectivity index (χ2n) is 2.09. The van der Waals surface area contributed by atoms with Crippen molar-refractivity contribution in [2.24, 2.45) is 0 Å². The SMILES string of the molecule is CCOC=C(SCC)C(=O)OCC. The second-order valence-corrected chi connectivity index (χ2v) is 3.40. The molecule has 0 aliphatic carbocycles. The maximum Gasteiger partial charge on any atom is 0.347 e. The molecule has 3 nitrogen and oxygen atoms in total. The van der Waals surface area contributed by atoms with Crippen LogP contribution in [0.25, 0.3) is 0 Å². The molecule has 0 bridgehead atoms. The Bertz CT molecular complexity index is 178. The summed E-state index contributed by atoms with van der Waals surface area (Å²) >= 11 is 1.43. The lowest BCUT2D eigenvalue weighted by molar-refractivity contribution is -0.137. The first-order valence-electron chi connectivity index (χ1n) is 4.37. The molecule has 0 heterocycles. The van der Waals surface area contributed by atoms with Crippen molar-refractivity contribution in [1.29, 1.82) is 0 Å². The monoisotopic (exact) mass is 204 g/mol. The van der Waals surface area contributed by atoms with E-state index in [-0.39, 0.29) is 5.97 Å². The molecule has 0 amide bonds. The van der Waals surface area contributed by atoms with Gasteiger partial charge in [0.25, 0.3) is 0 Å².